The smallest absolute Gasteiger partial charge is 0.268 e. The number of ketones is 1. The molecule has 1 N–H and O–H groups in total. The number of benzene rings is 3. The van der Waals surface area contributed by atoms with Crippen molar-refractivity contribution in [1.82, 2.24) is 4.31 Å². The van der Waals surface area contributed by atoms with E-state index in [1.165, 1.54) is 31.2 Å². The Bertz CT molecular complexity index is 1330. The minimum atomic E-state index is -4.40. The Morgan fingerprint density at radius 1 is 0.861 bits per heavy atom. The summed E-state index contributed by atoms with van der Waals surface area (Å²) in [5.41, 5.74) is 1.88. The first kappa shape index (κ1) is 26.8. The number of sulfonamides is 1. The van der Waals surface area contributed by atoms with Crippen molar-refractivity contribution in [3.05, 3.63) is 95.6 Å². The van der Waals surface area contributed by atoms with E-state index in [4.69, 9.17) is 0 Å². The van der Waals surface area contributed by atoms with Crippen LogP contribution >= 0.6 is 0 Å². The molecule has 0 saturated heterocycles. The van der Waals surface area contributed by atoms with Crippen LogP contribution in [-0.2, 0) is 14.8 Å². The van der Waals surface area contributed by atoms with Gasteiger partial charge in [-0.3, -0.25) is 14.4 Å². The first-order valence-electron chi connectivity index (χ1n) is 11.7. The Morgan fingerprint density at radius 3 is 1.97 bits per heavy atom. The van der Waals surface area contributed by atoms with Gasteiger partial charge in [0.25, 0.3) is 15.9 Å². The second kappa shape index (κ2) is 11.3. The van der Waals surface area contributed by atoms with Crippen LogP contribution in [0.5, 0.6) is 0 Å². The van der Waals surface area contributed by atoms with Crippen molar-refractivity contribution in [3.63, 3.8) is 0 Å². The highest BCUT2D eigenvalue weighted by Crippen LogP contribution is 2.27. The maximum Gasteiger partial charge on any atom is 0.268 e. The molecule has 0 bridgehead atoms. The first-order chi connectivity index (χ1) is 17.1. The molecule has 0 spiro atoms. The van der Waals surface area contributed by atoms with Crippen molar-refractivity contribution in [2.75, 3.05) is 5.32 Å². The molecular weight excluding hydrogens is 476 g/mol. The molecule has 0 fully saturated rings. The molecule has 0 heterocycles. The summed E-state index contributed by atoms with van der Waals surface area (Å²) >= 11 is 0. The topological polar surface area (TPSA) is 101 Å². The lowest BCUT2D eigenvalue weighted by molar-refractivity contribution is -0.120. The number of hydrogen-bond donors (Lipinski definition) is 1. The molecule has 0 aliphatic carbocycles. The first-order valence-corrected chi connectivity index (χ1v) is 13.1. The largest absolute Gasteiger partial charge is 0.324 e. The SMILES string of the molecule is CCC(C)C(C(=O)Nc1ccc(C(C)=O)cc1)N(C(=O)c1ccccc1)S(=O)(=O)c1ccc(C)cc1. The standard InChI is InChI=1S/C28H30N2O5S/c1-5-20(3)26(27(32)29-24-15-13-22(14-16-24)21(4)31)30(28(33)23-9-7-6-8-10-23)36(34,35)25-17-11-19(2)12-18-25/h6-18,20,26H,5H2,1-4H3,(H,29,32). The second-order valence-electron chi connectivity index (χ2n) is 8.74. The van der Waals surface area contributed by atoms with Crippen LogP contribution in [0.25, 0.3) is 0 Å². The number of Topliss-reactive ketones (excluding diaryl/α,β-unsaturated/α-hetero) is 1. The van der Waals surface area contributed by atoms with Crippen LogP contribution < -0.4 is 5.32 Å². The highest BCUT2D eigenvalue weighted by molar-refractivity contribution is 7.89. The van der Waals surface area contributed by atoms with Gasteiger partial charge in [0.2, 0.25) is 5.91 Å². The van der Waals surface area contributed by atoms with Gasteiger partial charge in [0.05, 0.1) is 4.90 Å². The van der Waals surface area contributed by atoms with Crippen LogP contribution in [0.2, 0.25) is 0 Å². The lowest BCUT2D eigenvalue weighted by atomic mass is 9.97. The van der Waals surface area contributed by atoms with Crippen molar-refractivity contribution < 1.29 is 22.8 Å². The van der Waals surface area contributed by atoms with Gasteiger partial charge in [0.1, 0.15) is 6.04 Å². The average molecular weight is 507 g/mol. The summed E-state index contributed by atoms with van der Waals surface area (Å²) < 4.78 is 28.5. The summed E-state index contributed by atoms with van der Waals surface area (Å²) in [6, 6.07) is 19.2. The van der Waals surface area contributed by atoms with Gasteiger partial charge in [-0.1, -0.05) is 56.2 Å². The van der Waals surface area contributed by atoms with Crippen LogP contribution in [-0.4, -0.2) is 36.4 Å². The van der Waals surface area contributed by atoms with Crippen LogP contribution in [0.3, 0.4) is 0 Å². The van der Waals surface area contributed by atoms with E-state index < -0.39 is 33.8 Å². The summed E-state index contributed by atoms with van der Waals surface area (Å²) in [5.74, 6) is -2.04. The Hall–Kier alpha value is -3.78. The van der Waals surface area contributed by atoms with E-state index in [2.05, 4.69) is 5.32 Å². The molecule has 3 rings (SSSR count). The molecule has 2 unspecified atom stereocenters. The zero-order valence-electron chi connectivity index (χ0n) is 20.8. The van der Waals surface area contributed by atoms with Gasteiger partial charge >= 0.3 is 0 Å². The number of aryl methyl sites for hydroxylation is 1. The Labute approximate surface area is 212 Å². The van der Waals surface area contributed by atoms with Crippen LogP contribution in [0.4, 0.5) is 5.69 Å². The molecule has 0 aliphatic rings. The summed E-state index contributed by atoms with van der Waals surface area (Å²) in [6.45, 7) is 6.83. The maximum absolute atomic E-state index is 13.9. The fourth-order valence-electron chi connectivity index (χ4n) is 3.74. The van der Waals surface area contributed by atoms with Crippen LogP contribution in [0.15, 0.2) is 83.8 Å². The molecule has 2 atom stereocenters. The summed E-state index contributed by atoms with van der Waals surface area (Å²) in [4.78, 5) is 38.8. The Kier molecular flexibility index (Phi) is 8.42. The van der Waals surface area contributed by atoms with Gasteiger partial charge in [0, 0.05) is 16.8 Å². The van der Waals surface area contributed by atoms with E-state index in [0.29, 0.717) is 22.0 Å². The van der Waals surface area contributed by atoms with Gasteiger partial charge < -0.3 is 5.32 Å². The predicted molar refractivity (Wildman–Crippen MR) is 139 cm³/mol. The highest BCUT2D eigenvalue weighted by atomic mass is 32.2. The van der Waals surface area contributed by atoms with Gasteiger partial charge in [-0.15, -0.1) is 0 Å². The number of hydrogen-bond acceptors (Lipinski definition) is 5. The third-order valence-electron chi connectivity index (χ3n) is 6.06. The maximum atomic E-state index is 13.9. The van der Waals surface area contributed by atoms with Crippen molar-refractivity contribution in [1.29, 1.82) is 0 Å². The highest BCUT2D eigenvalue weighted by Gasteiger charge is 2.42. The van der Waals surface area contributed by atoms with Gasteiger partial charge in [-0.05, 0) is 68.3 Å². The van der Waals surface area contributed by atoms with E-state index in [1.807, 2.05) is 13.8 Å². The zero-order valence-corrected chi connectivity index (χ0v) is 21.6. The number of rotatable bonds is 9. The fourth-order valence-corrected chi connectivity index (χ4v) is 5.37. The lowest BCUT2D eigenvalue weighted by Gasteiger charge is -2.33. The van der Waals surface area contributed by atoms with Crippen molar-refractivity contribution in [3.8, 4) is 0 Å². The number of anilines is 1. The van der Waals surface area contributed by atoms with E-state index in [-0.39, 0.29) is 16.2 Å². The van der Waals surface area contributed by atoms with Crippen LogP contribution in [0.1, 0.15) is 53.5 Å². The summed E-state index contributed by atoms with van der Waals surface area (Å²) in [7, 11) is -4.40. The number of amides is 2. The molecule has 0 aliphatic heterocycles. The number of nitrogens with zero attached hydrogens (tertiary/aromatic N) is 1. The molecule has 0 radical (unpaired) electrons. The second-order valence-corrected chi connectivity index (χ2v) is 10.6. The monoisotopic (exact) mass is 506 g/mol. The molecule has 8 heteroatoms. The zero-order chi connectivity index (χ0) is 26.5. The molecule has 0 saturated carbocycles. The molecule has 0 aromatic heterocycles. The molecule has 36 heavy (non-hydrogen) atoms. The Balaban J connectivity index is 2.10. The summed E-state index contributed by atoms with van der Waals surface area (Å²) in [5, 5.41) is 2.73. The Morgan fingerprint density at radius 2 is 1.44 bits per heavy atom. The van der Waals surface area contributed by atoms with E-state index in [0.717, 1.165) is 5.56 Å². The minimum Gasteiger partial charge on any atom is -0.324 e. The average Bonchev–Trinajstić information content (AvgIpc) is 2.87. The quantitative estimate of drug-likeness (QED) is 0.408. The summed E-state index contributed by atoms with van der Waals surface area (Å²) in [6.07, 6.45) is 0.448. The molecular formula is C28H30N2O5S. The van der Waals surface area contributed by atoms with Crippen LogP contribution in [0, 0.1) is 12.8 Å². The molecule has 3 aromatic rings. The van der Waals surface area contributed by atoms with E-state index >= 15 is 0 Å². The third-order valence-corrected chi connectivity index (χ3v) is 7.84. The number of carbonyl (C=O) groups excluding carboxylic acids is 3. The van der Waals surface area contributed by atoms with Crippen molar-refractivity contribution >= 4 is 33.3 Å². The fraction of sp³-hybridized carbons (Fsp3) is 0.250. The van der Waals surface area contributed by atoms with Crippen molar-refractivity contribution in [2.45, 2.75) is 45.1 Å². The molecule has 2 amide bonds. The number of nitrogens with one attached hydrogen (secondary N) is 1. The van der Waals surface area contributed by atoms with E-state index in [1.54, 1.807) is 61.5 Å². The van der Waals surface area contributed by atoms with Gasteiger partial charge in [0.15, 0.2) is 5.78 Å². The predicted octanol–water partition coefficient (Wildman–Crippen LogP) is 5.08. The van der Waals surface area contributed by atoms with Gasteiger partial charge in [-0.2, -0.15) is 0 Å². The van der Waals surface area contributed by atoms with E-state index in [9.17, 15) is 22.8 Å². The third kappa shape index (κ3) is 5.88. The molecule has 188 valence electrons. The normalized spacial score (nSPS) is 12.9. The lowest BCUT2D eigenvalue weighted by Crippen LogP contribution is -2.53. The van der Waals surface area contributed by atoms with Gasteiger partial charge in [-0.25, -0.2) is 12.7 Å². The number of carbonyl (C=O) groups is 3. The molecule has 7 nitrogen and oxygen atoms in total. The molecule has 3 aromatic carbocycles. The van der Waals surface area contributed by atoms with Crippen molar-refractivity contribution in [2.24, 2.45) is 5.92 Å². The minimum absolute atomic E-state index is 0.0794.